The number of nitrogens with one attached hydrogen (secondary N) is 2. The molecular weight excluding hydrogens is 338 g/mol. The summed E-state index contributed by atoms with van der Waals surface area (Å²) in [4.78, 5) is 28.2. The second-order valence-electron chi connectivity index (χ2n) is 5.50. The Hall–Kier alpha value is -2.55. The summed E-state index contributed by atoms with van der Waals surface area (Å²) in [7, 11) is 0. The Bertz CT molecular complexity index is 824. The number of halogens is 2. The van der Waals surface area contributed by atoms with Gasteiger partial charge >= 0.3 is 0 Å². The van der Waals surface area contributed by atoms with Gasteiger partial charge in [-0.3, -0.25) is 9.59 Å². The van der Waals surface area contributed by atoms with Crippen LogP contribution in [0.1, 0.15) is 32.0 Å². The molecule has 3 rings (SSSR count). The van der Waals surface area contributed by atoms with Crippen molar-refractivity contribution in [3.8, 4) is 0 Å². The average molecular weight is 352 g/mol. The van der Waals surface area contributed by atoms with Crippen LogP contribution in [0.15, 0.2) is 18.3 Å². The quantitative estimate of drug-likeness (QED) is 0.786. The summed E-state index contributed by atoms with van der Waals surface area (Å²) in [6.45, 7) is 1.60. The Morgan fingerprint density at radius 1 is 1.38 bits per heavy atom. The lowest BCUT2D eigenvalue weighted by atomic mass is 10.1. The maximum absolute atomic E-state index is 14.0. The number of carbonyl (C=O) groups excluding carboxylic acids is 2. The summed E-state index contributed by atoms with van der Waals surface area (Å²) in [5.41, 5.74) is 5.96. The molecular formula is C15H14F2N4O2S. The molecule has 1 heterocycles. The van der Waals surface area contributed by atoms with Gasteiger partial charge in [-0.25, -0.2) is 13.8 Å². The molecule has 1 fully saturated rings. The zero-order valence-electron chi connectivity index (χ0n) is 12.6. The van der Waals surface area contributed by atoms with E-state index in [9.17, 15) is 18.4 Å². The monoisotopic (exact) mass is 352 g/mol. The van der Waals surface area contributed by atoms with Gasteiger partial charge in [0.2, 0.25) is 0 Å². The largest absolute Gasteiger partial charge is 0.375 e. The van der Waals surface area contributed by atoms with E-state index in [4.69, 9.17) is 5.73 Å². The van der Waals surface area contributed by atoms with Crippen molar-refractivity contribution in [1.82, 2.24) is 10.3 Å². The highest BCUT2D eigenvalue weighted by atomic mass is 32.1. The summed E-state index contributed by atoms with van der Waals surface area (Å²) in [6.07, 6.45) is 0.477. The first kappa shape index (κ1) is 16.3. The van der Waals surface area contributed by atoms with E-state index in [0.29, 0.717) is 10.4 Å². The van der Waals surface area contributed by atoms with E-state index in [1.807, 2.05) is 0 Å². The molecule has 1 aliphatic carbocycles. The molecule has 0 radical (unpaired) electrons. The molecule has 1 aromatic heterocycles. The highest BCUT2D eigenvalue weighted by molar-refractivity contribution is 7.17. The fourth-order valence-corrected chi connectivity index (χ4v) is 2.70. The van der Waals surface area contributed by atoms with Gasteiger partial charge in [-0.1, -0.05) is 11.3 Å². The Morgan fingerprint density at radius 3 is 2.67 bits per heavy atom. The van der Waals surface area contributed by atoms with Crippen molar-refractivity contribution >= 4 is 34.0 Å². The Morgan fingerprint density at radius 2 is 2.08 bits per heavy atom. The van der Waals surface area contributed by atoms with E-state index in [-0.39, 0.29) is 22.8 Å². The fourth-order valence-electron chi connectivity index (χ4n) is 2.12. The van der Waals surface area contributed by atoms with Gasteiger partial charge in [-0.05, 0) is 24.6 Å². The molecule has 24 heavy (non-hydrogen) atoms. The third-order valence-electron chi connectivity index (χ3n) is 3.58. The number of aromatic nitrogens is 1. The summed E-state index contributed by atoms with van der Waals surface area (Å²) in [6, 6.07) is 1.81. The molecule has 0 unspecified atom stereocenters. The number of aryl methyl sites for hydroxylation is 1. The van der Waals surface area contributed by atoms with Crippen molar-refractivity contribution < 1.29 is 18.4 Å². The molecule has 4 N–H and O–H groups in total. The first-order valence-electron chi connectivity index (χ1n) is 7.13. The van der Waals surface area contributed by atoms with Crippen molar-refractivity contribution in [2.45, 2.75) is 25.6 Å². The summed E-state index contributed by atoms with van der Waals surface area (Å²) in [5, 5.41) is 5.25. The highest BCUT2D eigenvalue weighted by Gasteiger charge is 2.39. The first-order chi connectivity index (χ1) is 11.3. The van der Waals surface area contributed by atoms with E-state index in [2.05, 4.69) is 15.6 Å². The number of amides is 2. The first-order valence-corrected chi connectivity index (χ1v) is 7.94. The zero-order chi connectivity index (χ0) is 17.4. The Balaban J connectivity index is 1.81. The van der Waals surface area contributed by atoms with Crippen LogP contribution in [-0.2, 0) is 0 Å². The third-order valence-corrected chi connectivity index (χ3v) is 4.41. The van der Waals surface area contributed by atoms with E-state index >= 15 is 0 Å². The molecule has 1 aliphatic rings. The molecule has 0 bridgehead atoms. The second kappa shape index (κ2) is 6.16. The molecule has 0 saturated heterocycles. The molecule has 6 nitrogen and oxygen atoms in total. The van der Waals surface area contributed by atoms with Crippen molar-refractivity contribution in [2.24, 2.45) is 0 Å². The molecule has 1 saturated carbocycles. The Kier molecular flexibility index (Phi) is 4.18. The SMILES string of the molecule is Cc1cc(F)c(C(=O)N[C@H]2C[C@@H]2F)cc1NC(=O)c1cnc(N)s1. The number of nitrogens with zero attached hydrogens (tertiary/aromatic N) is 1. The van der Waals surface area contributed by atoms with Crippen molar-refractivity contribution in [2.75, 3.05) is 11.1 Å². The number of thiazole rings is 1. The molecule has 0 spiro atoms. The van der Waals surface area contributed by atoms with Crippen LogP contribution >= 0.6 is 11.3 Å². The van der Waals surface area contributed by atoms with Gasteiger partial charge < -0.3 is 16.4 Å². The minimum Gasteiger partial charge on any atom is -0.375 e. The average Bonchev–Trinajstić information content (AvgIpc) is 3.02. The van der Waals surface area contributed by atoms with E-state index in [0.717, 1.165) is 17.4 Å². The highest BCUT2D eigenvalue weighted by Crippen LogP contribution is 2.27. The number of alkyl halides is 1. The van der Waals surface area contributed by atoms with Crippen LogP contribution in [0.4, 0.5) is 19.6 Å². The summed E-state index contributed by atoms with van der Waals surface area (Å²) in [5.74, 6) is -1.91. The standard InChI is InChI=1S/C15H14F2N4O2S/c1-6-2-8(16)7(13(22)21-11-4-9(11)17)3-10(6)20-14(23)12-5-19-15(18)24-12/h2-3,5,9,11H,4H2,1H3,(H2,18,19)(H,20,23)(H,21,22)/t9-,11-/m0/s1. The van der Waals surface area contributed by atoms with Gasteiger partial charge in [0.1, 0.15) is 16.9 Å². The predicted molar refractivity (Wildman–Crippen MR) is 86.4 cm³/mol. The van der Waals surface area contributed by atoms with Gasteiger partial charge in [-0.15, -0.1) is 0 Å². The zero-order valence-corrected chi connectivity index (χ0v) is 13.4. The maximum atomic E-state index is 14.0. The number of nitrogen functional groups attached to an aromatic ring is 1. The van der Waals surface area contributed by atoms with Crippen LogP contribution in [0.25, 0.3) is 0 Å². The van der Waals surface area contributed by atoms with Crippen molar-refractivity contribution in [3.63, 3.8) is 0 Å². The number of hydrogen-bond acceptors (Lipinski definition) is 5. The molecule has 0 aliphatic heterocycles. The van der Waals surface area contributed by atoms with Crippen molar-refractivity contribution in [3.05, 3.63) is 40.2 Å². The van der Waals surface area contributed by atoms with Gasteiger partial charge in [0.15, 0.2) is 5.13 Å². The van der Waals surface area contributed by atoms with Crippen LogP contribution in [0.3, 0.4) is 0 Å². The van der Waals surface area contributed by atoms with Gasteiger partial charge in [0, 0.05) is 12.1 Å². The van der Waals surface area contributed by atoms with E-state index < -0.39 is 29.8 Å². The number of benzene rings is 1. The molecule has 9 heteroatoms. The smallest absolute Gasteiger partial charge is 0.267 e. The number of carbonyl (C=O) groups is 2. The summed E-state index contributed by atoms with van der Waals surface area (Å²) < 4.78 is 26.9. The Labute approximate surface area is 140 Å². The number of rotatable bonds is 4. The minimum atomic E-state index is -1.08. The predicted octanol–water partition coefficient (Wildman–Crippen LogP) is 2.27. The van der Waals surface area contributed by atoms with Crippen LogP contribution < -0.4 is 16.4 Å². The van der Waals surface area contributed by atoms with Gasteiger partial charge in [-0.2, -0.15) is 0 Å². The number of hydrogen-bond donors (Lipinski definition) is 3. The number of anilines is 2. The third kappa shape index (κ3) is 3.35. The van der Waals surface area contributed by atoms with Crippen LogP contribution in [0.2, 0.25) is 0 Å². The maximum Gasteiger partial charge on any atom is 0.267 e. The van der Waals surface area contributed by atoms with Gasteiger partial charge in [0.05, 0.1) is 17.8 Å². The summed E-state index contributed by atoms with van der Waals surface area (Å²) >= 11 is 1.01. The fraction of sp³-hybridized carbons (Fsp3) is 0.267. The lowest BCUT2D eigenvalue weighted by Gasteiger charge is -2.11. The lowest BCUT2D eigenvalue weighted by molar-refractivity contribution is 0.0942. The minimum absolute atomic E-state index is 0.232. The number of nitrogens with two attached hydrogens (primary N) is 1. The molecule has 2 aromatic rings. The van der Waals surface area contributed by atoms with Crippen LogP contribution in [-0.4, -0.2) is 29.0 Å². The molecule has 2 amide bonds. The van der Waals surface area contributed by atoms with E-state index in [1.165, 1.54) is 12.3 Å². The molecule has 2 atom stereocenters. The van der Waals surface area contributed by atoms with Crippen LogP contribution in [0, 0.1) is 12.7 Å². The topological polar surface area (TPSA) is 97.1 Å². The molecule has 126 valence electrons. The normalized spacial score (nSPS) is 19.0. The lowest BCUT2D eigenvalue weighted by Crippen LogP contribution is -2.28. The van der Waals surface area contributed by atoms with Gasteiger partial charge in [0.25, 0.3) is 11.8 Å². The second-order valence-corrected chi connectivity index (χ2v) is 6.56. The molecule has 1 aromatic carbocycles. The van der Waals surface area contributed by atoms with E-state index in [1.54, 1.807) is 6.92 Å². The van der Waals surface area contributed by atoms with Crippen LogP contribution in [0.5, 0.6) is 0 Å². The van der Waals surface area contributed by atoms with Crippen molar-refractivity contribution in [1.29, 1.82) is 0 Å².